The second kappa shape index (κ2) is 4.46. The van der Waals surface area contributed by atoms with Gasteiger partial charge in [-0.1, -0.05) is 18.2 Å². The predicted molar refractivity (Wildman–Crippen MR) is 69.9 cm³/mol. The van der Waals surface area contributed by atoms with Crippen LogP contribution in [0.1, 0.15) is 36.3 Å². The van der Waals surface area contributed by atoms with Crippen LogP contribution in [-0.4, -0.2) is 26.8 Å². The summed E-state index contributed by atoms with van der Waals surface area (Å²) < 4.78 is 0. The summed E-state index contributed by atoms with van der Waals surface area (Å²) in [4.78, 5) is 14.1. The van der Waals surface area contributed by atoms with Gasteiger partial charge in [-0.15, -0.1) is 0 Å². The largest absolute Gasteiger partial charge is 0.477 e. The second-order valence-electron chi connectivity index (χ2n) is 5.14. The molecule has 1 aromatic heterocycles. The van der Waals surface area contributed by atoms with Gasteiger partial charge < -0.3 is 15.2 Å². The fourth-order valence-electron chi connectivity index (χ4n) is 2.07. The molecule has 0 bridgehead atoms. The van der Waals surface area contributed by atoms with Crippen molar-refractivity contribution < 1.29 is 15.0 Å². The maximum Gasteiger partial charge on any atom is 0.352 e. The van der Waals surface area contributed by atoms with E-state index in [1.807, 2.05) is 24.3 Å². The Morgan fingerprint density at radius 1 is 1.33 bits per heavy atom. The molecule has 0 aliphatic heterocycles. The number of aryl methyl sites for hydroxylation is 1. The Labute approximate surface area is 105 Å². The summed E-state index contributed by atoms with van der Waals surface area (Å²) in [5.41, 5.74) is 1.01. The van der Waals surface area contributed by atoms with Crippen LogP contribution in [0.3, 0.4) is 0 Å². The normalized spacial score (nSPS) is 11.9. The quantitative estimate of drug-likeness (QED) is 0.777. The third-order valence-corrected chi connectivity index (χ3v) is 3.01. The maximum atomic E-state index is 11.2. The van der Waals surface area contributed by atoms with Crippen molar-refractivity contribution in [2.75, 3.05) is 0 Å². The van der Waals surface area contributed by atoms with E-state index >= 15 is 0 Å². The highest BCUT2D eigenvalue weighted by molar-refractivity contribution is 5.97. The Morgan fingerprint density at radius 3 is 2.61 bits per heavy atom. The van der Waals surface area contributed by atoms with Gasteiger partial charge in [0.15, 0.2) is 0 Å². The minimum atomic E-state index is -0.961. The van der Waals surface area contributed by atoms with E-state index in [0.717, 1.165) is 16.5 Å². The molecule has 0 radical (unpaired) electrons. The highest BCUT2D eigenvalue weighted by atomic mass is 16.4. The van der Waals surface area contributed by atoms with E-state index in [9.17, 15) is 15.0 Å². The lowest BCUT2D eigenvalue weighted by Gasteiger charge is -2.16. The molecule has 2 rings (SSSR count). The molecule has 0 saturated carbocycles. The first-order valence-corrected chi connectivity index (χ1v) is 5.94. The lowest BCUT2D eigenvalue weighted by molar-refractivity contribution is 0.0669. The molecule has 2 aromatic rings. The fraction of sp³-hybridized carbons (Fsp3) is 0.357. The molecular weight excluding hydrogens is 230 g/mol. The van der Waals surface area contributed by atoms with Crippen molar-refractivity contribution in [3.8, 4) is 0 Å². The number of rotatable bonds is 4. The van der Waals surface area contributed by atoms with Gasteiger partial charge in [0.25, 0.3) is 0 Å². The Kier molecular flexibility index (Phi) is 3.13. The van der Waals surface area contributed by atoms with E-state index in [2.05, 4.69) is 4.98 Å². The zero-order chi connectivity index (χ0) is 13.3. The number of hydrogen-bond acceptors (Lipinski definition) is 2. The summed E-state index contributed by atoms with van der Waals surface area (Å²) in [6.45, 7) is 3.45. The van der Waals surface area contributed by atoms with Crippen LogP contribution in [0.2, 0.25) is 0 Å². The van der Waals surface area contributed by atoms with Crippen LogP contribution in [0, 0.1) is 0 Å². The van der Waals surface area contributed by atoms with E-state index in [0.29, 0.717) is 12.8 Å². The van der Waals surface area contributed by atoms with Gasteiger partial charge >= 0.3 is 5.97 Å². The molecule has 96 valence electrons. The van der Waals surface area contributed by atoms with Gasteiger partial charge in [-0.3, -0.25) is 0 Å². The average molecular weight is 247 g/mol. The number of benzene rings is 1. The molecule has 0 unspecified atom stereocenters. The number of carbonyl (C=O) groups is 1. The zero-order valence-corrected chi connectivity index (χ0v) is 10.5. The molecule has 1 aromatic carbocycles. The van der Waals surface area contributed by atoms with Gasteiger partial charge in [-0.25, -0.2) is 4.79 Å². The molecule has 0 fully saturated rings. The number of H-pyrrole nitrogens is 1. The number of para-hydroxylation sites is 1. The summed E-state index contributed by atoms with van der Waals surface area (Å²) in [5.74, 6) is -0.961. The Morgan fingerprint density at radius 2 is 2.00 bits per heavy atom. The predicted octanol–water partition coefficient (Wildman–Crippen LogP) is 2.57. The molecule has 3 N–H and O–H groups in total. The SMILES string of the molecule is CC(C)(O)CCc1c(C(=O)O)[nH]c2ccccc12. The maximum absolute atomic E-state index is 11.2. The Bertz CT molecular complexity index is 578. The molecule has 0 atom stereocenters. The van der Waals surface area contributed by atoms with Crippen molar-refractivity contribution in [1.29, 1.82) is 0 Å². The molecule has 4 nitrogen and oxygen atoms in total. The van der Waals surface area contributed by atoms with E-state index in [4.69, 9.17) is 0 Å². The van der Waals surface area contributed by atoms with E-state index in [1.54, 1.807) is 13.8 Å². The number of fused-ring (bicyclic) bond motifs is 1. The second-order valence-corrected chi connectivity index (χ2v) is 5.14. The van der Waals surface area contributed by atoms with Crippen LogP contribution in [0.15, 0.2) is 24.3 Å². The molecule has 1 heterocycles. The lowest BCUT2D eigenvalue weighted by atomic mass is 9.97. The first kappa shape index (κ1) is 12.6. The number of aromatic carboxylic acids is 1. The van der Waals surface area contributed by atoms with Crippen LogP contribution in [0.25, 0.3) is 10.9 Å². The summed E-state index contributed by atoms with van der Waals surface area (Å²) >= 11 is 0. The Balaban J connectivity index is 2.45. The molecule has 0 aliphatic carbocycles. The van der Waals surface area contributed by atoms with Crippen molar-refractivity contribution >= 4 is 16.9 Å². The first-order valence-electron chi connectivity index (χ1n) is 5.94. The standard InChI is InChI=1S/C14H17NO3/c1-14(2,18)8-7-10-9-5-3-4-6-11(9)15-12(10)13(16)17/h3-6,15,18H,7-8H2,1-2H3,(H,16,17). The van der Waals surface area contributed by atoms with Crippen molar-refractivity contribution in [3.63, 3.8) is 0 Å². The summed E-state index contributed by atoms with van der Waals surface area (Å²) in [6.07, 6.45) is 1.06. The van der Waals surface area contributed by atoms with Crippen LogP contribution in [0.4, 0.5) is 0 Å². The lowest BCUT2D eigenvalue weighted by Crippen LogP contribution is -2.19. The molecule has 4 heteroatoms. The summed E-state index contributed by atoms with van der Waals surface area (Å²) in [6, 6.07) is 7.51. The van der Waals surface area contributed by atoms with Crippen LogP contribution >= 0.6 is 0 Å². The molecule has 0 aliphatic rings. The number of aromatic amines is 1. The Hall–Kier alpha value is -1.81. The van der Waals surface area contributed by atoms with E-state index in [1.165, 1.54) is 0 Å². The van der Waals surface area contributed by atoms with Gasteiger partial charge in [-0.05, 0) is 38.3 Å². The smallest absolute Gasteiger partial charge is 0.352 e. The van der Waals surface area contributed by atoms with Crippen molar-refractivity contribution in [1.82, 2.24) is 4.98 Å². The van der Waals surface area contributed by atoms with Crippen LogP contribution < -0.4 is 0 Å². The fourth-order valence-corrected chi connectivity index (χ4v) is 2.07. The highest BCUT2D eigenvalue weighted by Crippen LogP contribution is 2.25. The minimum absolute atomic E-state index is 0.223. The van der Waals surface area contributed by atoms with Gasteiger partial charge in [0.1, 0.15) is 5.69 Å². The molecule has 0 amide bonds. The minimum Gasteiger partial charge on any atom is -0.477 e. The van der Waals surface area contributed by atoms with Gasteiger partial charge in [-0.2, -0.15) is 0 Å². The van der Waals surface area contributed by atoms with Crippen LogP contribution in [0.5, 0.6) is 0 Å². The van der Waals surface area contributed by atoms with Crippen molar-refractivity contribution in [2.24, 2.45) is 0 Å². The van der Waals surface area contributed by atoms with E-state index < -0.39 is 11.6 Å². The zero-order valence-electron chi connectivity index (χ0n) is 10.5. The average Bonchev–Trinajstić information content (AvgIpc) is 2.64. The number of aliphatic hydroxyl groups is 1. The number of carboxylic acid groups (broad SMARTS) is 1. The highest BCUT2D eigenvalue weighted by Gasteiger charge is 2.19. The third kappa shape index (κ3) is 2.54. The summed E-state index contributed by atoms with van der Waals surface area (Å²) in [5, 5.41) is 19.9. The van der Waals surface area contributed by atoms with Crippen LogP contribution in [-0.2, 0) is 6.42 Å². The van der Waals surface area contributed by atoms with Gasteiger partial charge in [0, 0.05) is 10.9 Å². The van der Waals surface area contributed by atoms with Gasteiger partial charge in [0.2, 0.25) is 0 Å². The van der Waals surface area contributed by atoms with Crippen molar-refractivity contribution in [2.45, 2.75) is 32.3 Å². The summed E-state index contributed by atoms with van der Waals surface area (Å²) in [7, 11) is 0. The molecule has 18 heavy (non-hydrogen) atoms. The molecular formula is C14H17NO3. The number of nitrogens with one attached hydrogen (secondary N) is 1. The molecule has 0 saturated heterocycles. The number of hydrogen-bond donors (Lipinski definition) is 3. The first-order chi connectivity index (χ1) is 8.38. The number of carboxylic acids is 1. The number of aromatic nitrogens is 1. The monoisotopic (exact) mass is 247 g/mol. The molecule has 0 spiro atoms. The van der Waals surface area contributed by atoms with E-state index in [-0.39, 0.29) is 5.69 Å². The van der Waals surface area contributed by atoms with Gasteiger partial charge in [0.05, 0.1) is 5.60 Å². The topological polar surface area (TPSA) is 73.3 Å². The van der Waals surface area contributed by atoms with Crippen molar-refractivity contribution in [3.05, 3.63) is 35.5 Å². The third-order valence-electron chi connectivity index (χ3n) is 3.01.